The van der Waals surface area contributed by atoms with E-state index in [0.29, 0.717) is 6.04 Å². The predicted octanol–water partition coefficient (Wildman–Crippen LogP) is 2.44. The standard InChI is InChI=1S/C16H23FN2/c17-15-6-2-13(3-7-15)8-11-19-10-1-9-18-16(12-19)14-4-5-14/h2-3,6-7,14,16,18H,1,4-5,8-12H2. The number of rotatable bonds is 4. The lowest BCUT2D eigenvalue weighted by Gasteiger charge is -2.24. The number of benzene rings is 1. The molecular weight excluding hydrogens is 239 g/mol. The molecule has 2 nitrogen and oxygen atoms in total. The van der Waals surface area contributed by atoms with Gasteiger partial charge in [-0.3, -0.25) is 0 Å². The Morgan fingerprint density at radius 3 is 2.74 bits per heavy atom. The average Bonchev–Trinajstić information content (AvgIpc) is 3.25. The van der Waals surface area contributed by atoms with E-state index in [0.717, 1.165) is 25.4 Å². The van der Waals surface area contributed by atoms with Crippen LogP contribution in [0.25, 0.3) is 0 Å². The summed E-state index contributed by atoms with van der Waals surface area (Å²) in [6.45, 7) is 4.63. The highest BCUT2D eigenvalue weighted by Crippen LogP contribution is 2.33. The summed E-state index contributed by atoms with van der Waals surface area (Å²) in [6, 6.07) is 7.64. The Hall–Kier alpha value is -0.930. The molecule has 3 rings (SSSR count). The molecule has 1 aliphatic carbocycles. The molecule has 0 aromatic heterocycles. The highest BCUT2D eigenvalue weighted by atomic mass is 19.1. The van der Waals surface area contributed by atoms with Crippen molar-refractivity contribution in [3.05, 3.63) is 35.6 Å². The van der Waals surface area contributed by atoms with Crippen molar-refractivity contribution in [3.63, 3.8) is 0 Å². The normalized spacial score (nSPS) is 25.2. The molecule has 1 N–H and O–H groups in total. The van der Waals surface area contributed by atoms with Crippen LogP contribution in [0.15, 0.2) is 24.3 Å². The van der Waals surface area contributed by atoms with Gasteiger partial charge in [-0.25, -0.2) is 4.39 Å². The zero-order chi connectivity index (χ0) is 13.1. The molecule has 19 heavy (non-hydrogen) atoms. The first-order chi connectivity index (χ1) is 9.31. The molecule has 1 aromatic carbocycles. The van der Waals surface area contributed by atoms with Crippen LogP contribution in [0.2, 0.25) is 0 Å². The van der Waals surface area contributed by atoms with Gasteiger partial charge in [0.2, 0.25) is 0 Å². The minimum absolute atomic E-state index is 0.142. The molecule has 0 radical (unpaired) electrons. The molecule has 1 atom stereocenters. The van der Waals surface area contributed by atoms with Crippen LogP contribution in [-0.2, 0) is 6.42 Å². The summed E-state index contributed by atoms with van der Waals surface area (Å²) < 4.78 is 12.9. The van der Waals surface area contributed by atoms with Crippen molar-refractivity contribution in [2.75, 3.05) is 26.2 Å². The van der Waals surface area contributed by atoms with Crippen molar-refractivity contribution in [3.8, 4) is 0 Å². The Labute approximate surface area is 115 Å². The van der Waals surface area contributed by atoms with Crippen molar-refractivity contribution in [2.24, 2.45) is 5.92 Å². The van der Waals surface area contributed by atoms with E-state index in [2.05, 4.69) is 10.2 Å². The number of hydrogen-bond acceptors (Lipinski definition) is 2. The molecule has 1 saturated heterocycles. The van der Waals surface area contributed by atoms with Crippen molar-refractivity contribution >= 4 is 0 Å². The minimum Gasteiger partial charge on any atom is -0.312 e. The summed E-state index contributed by atoms with van der Waals surface area (Å²) in [5.74, 6) is 0.781. The fourth-order valence-electron chi connectivity index (χ4n) is 2.98. The number of nitrogens with one attached hydrogen (secondary N) is 1. The zero-order valence-corrected chi connectivity index (χ0v) is 11.4. The Bertz CT molecular complexity index is 400. The smallest absolute Gasteiger partial charge is 0.123 e. The first-order valence-electron chi connectivity index (χ1n) is 7.51. The van der Waals surface area contributed by atoms with E-state index in [-0.39, 0.29) is 5.82 Å². The third kappa shape index (κ3) is 3.77. The zero-order valence-electron chi connectivity index (χ0n) is 11.4. The summed E-state index contributed by atoms with van der Waals surface area (Å²) >= 11 is 0. The molecule has 104 valence electrons. The molecule has 1 heterocycles. The highest BCUT2D eigenvalue weighted by Gasteiger charge is 2.32. The maximum Gasteiger partial charge on any atom is 0.123 e. The van der Waals surface area contributed by atoms with Crippen LogP contribution in [0.5, 0.6) is 0 Å². The molecule has 1 unspecified atom stereocenters. The van der Waals surface area contributed by atoms with Crippen molar-refractivity contribution in [2.45, 2.75) is 31.7 Å². The van der Waals surface area contributed by atoms with E-state index in [1.54, 1.807) is 12.1 Å². The first kappa shape index (κ1) is 13.1. The van der Waals surface area contributed by atoms with Crippen LogP contribution >= 0.6 is 0 Å². The third-order valence-electron chi connectivity index (χ3n) is 4.33. The van der Waals surface area contributed by atoms with Gasteiger partial charge in [0.1, 0.15) is 5.82 Å². The molecule has 1 saturated carbocycles. The second-order valence-electron chi connectivity index (χ2n) is 5.93. The summed E-state index contributed by atoms with van der Waals surface area (Å²) in [5.41, 5.74) is 1.24. The fraction of sp³-hybridized carbons (Fsp3) is 0.625. The quantitative estimate of drug-likeness (QED) is 0.896. The number of hydrogen-bond donors (Lipinski definition) is 1. The van der Waals surface area contributed by atoms with E-state index in [9.17, 15) is 4.39 Å². The van der Waals surface area contributed by atoms with Gasteiger partial charge in [0, 0.05) is 19.1 Å². The first-order valence-corrected chi connectivity index (χ1v) is 7.51. The molecule has 3 heteroatoms. The van der Waals surface area contributed by atoms with Crippen molar-refractivity contribution in [1.82, 2.24) is 10.2 Å². The van der Waals surface area contributed by atoms with E-state index in [1.165, 1.54) is 37.9 Å². The second-order valence-corrected chi connectivity index (χ2v) is 5.93. The van der Waals surface area contributed by atoms with Gasteiger partial charge in [0.05, 0.1) is 0 Å². The molecule has 2 fully saturated rings. The number of halogens is 1. The van der Waals surface area contributed by atoms with Gasteiger partial charge in [-0.05, 0) is 62.4 Å². The van der Waals surface area contributed by atoms with Crippen LogP contribution in [0.1, 0.15) is 24.8 Å². The largest absolute Gasteiger partial charge is 0.312 e. The predicted molar refractivity (Wildman–Crippen MR) is 75.7 cm³/mol. The Morgan fingerprint density at radius 1 is 1.21 bits per heavy atom. The number of nitrogens with zero attached hydrogens (tertiary/aromatic N) is 1. The molecule has 0 bridgehead atoms. The van der Waals surface area contributed by atoms with E-state index in [4.69, 9.17) is 0 Å². The van der Waals surface area contributed by atoms with Crippen molar-refractivity contribution in [1.29, 1.82) is 0 Å². The second kappa shape index (κ2) is 6.02. The maximum absolute atomic E-state index is 12.9. The monoisotopic (exact) mass is 262 g/mol. The lowest BCUT2D eigenvalue weighted by molar-refractivity contribution is 0.261. The van der Waals surface area contributed by atoms with Gasteiger partial charge in [-0.15, -0.1) is 0 Å². The van der Waals surface area contributed by atoms with Gasteiger partial charge in [-0.1, -0.05) is 12.1 Å². The molecule has 2 aliphatic rings. The molecule has 0 spiro atoms. The molecular formula is C16H23FN2. The maximum atomic E-state index is 12.9. The summed E-state index contributed by atoms with van der Waals surface area (Å²) in [6.07, 6.45) is 5.08. The Kier molecular flexibility index (Phi) is 4.14. The van der Waals surface area contributed by atoms with E-state index in [1.807, 2.05) is 12.1 Å². The van der Waals surface area contributed by atoms with Crippen LogP contribution in [-0.4, -0.2) is 37.1 Å². The lowest BCUT2D eigenvalue weighted by atomic mass is 10.1. The van der Waals surface area contributed by atoms with Crippen LogP contribution in [0.3, 0.4) is 0 Å². The van der Waals surface area contributed by atoms with Gasteiger partial charge >= 0.3 is 0 Å². The van der Waals surface area contributed by atoms with Gasteiger partial charge in [0.15, 0.2) is 0 Å². The highest BCUT2D eigenvalue weighted by molar-refractivity contribution is 5.16. The Morgan fingerprint density at radius 2 is 2.00 bits per heavy atom. The minimum atomic E-state index is -0.142. The van der Waals surface area contributed by atoms with Gasteiger partial charge < -0.3 is 10.2 Å². The van der Waals surface area contributed by atoms with Gasteiger partial charge in [0.25, 0.3) is 0 Å². The van der Waals surface area contributed by atoms with E-state index < -0.39 is 0 Å². The van der Waals surface area contributed by atoms with E-state index >= 15 is 0 Å². The van der Waals surface area contributed by atoms with Crippen LogP contribution < -0.4 is 5.32 Å². The fourth-order valence-corrected chi connectivity index (χ4v) is 2.98. The SMILES string of the molecule is Fc1ccc(CCN2CCCNC(C3CC3)C2)cc1. The van der Waals surface area contributed by atoms with Crippen LogP contribution in [0, 0.1) is 11.7 Å². The summed E-state index contributed by atoms with van der Waals surface area (Å²) in [7, 11) is 0. The lowest BCUT2D eigenvalue weighted by Crippen LogP contribution is -2.39. The van der Waals surface area contributed by atoms with Gasteiger partial charge in [-0.2, -0.15) is 0 Å². The summed E-state index contributed by atoms with van der Waals surface area (Å²) in [4.78, 5) is 2.58. The van der Waals surface area contributed by atoms with Crippen LogP contribution in [0.4, 0.5) is 4.39 Å². The molecule has 0 amide bonds. The molecule has 1 aromatic rings. The average molecular weight is 262 g/mol. The molecule has 1 aliphatic heterocycles. The third-order valence-corrected chi connectivity index (χ3v) is 4.33. The topological polar surface area (TPSA) is 15.3 Å². The van der Waals surface area contributed by atoms with Crippen molar-refractivity contribution < 1.29 is 4.39 Å². The Balaban J connectivity index is 1.51. The summed E-state index contributed by atoms with van der Waals surface area (Å²) in [5, 5.41) is 3.69.